The van der Waals surface area contributed by atoms with E-state index < -0.39 is 8.32 Å². The molecule has 0 aromatic rings. The molecule has 0 amide bonds. The van der Waals surface area contributed by atoms with Gasteiger partial charge in [-0.25, -0.2) is 0 Å². The Morgan fingerprint density at radius 1 is 1.09 bits per heavy atom. The highest BCUT2D eigenvalue weighted by Gasteiger charge is 2.58. The molecule has 8 atom stereocenters. The Morgan fingerprint density at radius 3 is 2.47 bits per heavy atom. The lowest BCUT2D eigenvalue weighted by Gasteiger charge is -2.58. The molecule has 4 heteroatoms. The van der Waals surface area contributed by atoms with Gasteiger partial charge in [0.15, 0.2) is 8.32 Å². The number of esters is 1. The number of fused-ring (bicyclic) bond motifs is 5. The molecule has 0 aromatic heterocycles. The second kappa shape index (κ2) is 8.87. The van der Waals surface area contributed by atoms with Crippen molar-refractivity contribution in [2.24, 2.45) is 40.4 Å². The maximum absolute atomic E-state index is 11.7. The van der Waals surface area contributed by atoms with Gasteiger partial charge < -0.3 is 9.16 Å². The average Bonchev–Trinajstić information content (AvgIpc) is 3.08. The first-order valence-corrected chi connectivity index (χ1v) is 16.8. The van der Waals surface area contributed by atoms with E-state index in [2.05, 4.69) is 46.5 Å². The molecule has 32 heavy (non-hydrogen) atoms. The van der Waals surface area contributed by atoms with Gasteiger partial charge in [0.05, 0.1) is 7.11 Å². The molecule has 4 unspecified atom stereocenters. The van der Waals surface area contributed by atoms with E-state index in [1.807, 2.05) is 5.57 Å². The van der Waals surface area contributed by atoms with Crippen molar-refractivity contribution in [3.05, 3.63) is 11.6 Å². The maximum atomic E-state index is 11.7. The number of hydrogen-bond donors (Lipinski definition) is 0. The van der Waals surface area contributed by atoms with Gasteiger partial charge in [-0.2, -0.15) is 0 Å². The van der Waals surface area contributed by atoms with E-state index in [1.54, 1.807) is 0 Å². The Labute approximate surface area is 198 Å². The van der Waals surface area contributed by atoms with Crippen LogP contribution in [0.3, 0.4) is 0 Å². The molecule has 3 saturated carbocycles. The number of rotatable bonds is 6. The third-order valence-electron chi connectivity index (χ3n) is 10.3. The Balaban J connectivity index is 1.48. The monoisotopic (exact) mass is 460 g/mol. The second-order valence-electron chi connectivity index (χ2n) is 13.2. The van der Waals surface area contributed by atoms with Crippen LogP contribution in [0, 0.1) is 40.4 Å². The van der Waals surface area contributed by atoms with Crippen molar-refractivity contribution in [1.82, 2.24) is 0 Å². The Hall–Kier alpha value is -0.613. The number of hydrogen-bond acceptors (Lipinski definition) is 3. The fourth-order valence-corrected chi connectivity index (χ4v) is 9.92. The molecule has 0 aromatic carbocycles. The van der Waals surface area contributed by atoms with Crippen LogP contribution in [0.1, 0.15) is 85.0 Å². The zero-order valence-corrected chi connectivity index (χ0v) is 22.8. The lowest BCUT2D eigenvalue weighted by Crippen LogP contribution is -2.50. The minimum atomic E-state index is -1.47. The molecule has 4 aliphatic rings. The third-order valence-corrected chi connectivity index (χ3v) is 11.4. The SMILES string of the molecule is COC(=O)CC[C@@H](C)C1CCC2C3=CCC4C[C@H](O[Si](C)(C)C)CC[C@]4(C)C3CC[C@@]21C. The lowest BCUT2D eigenvalue weighted by atomic mass is 9.47. The van der Waals surface area contributed by atoms with E-state index in [0.717, 1.165) is 30.1 Å². The molecule has 4 rings (SSSR count). The zero-order valence-electron chi connectivity index (χ0n) is 21.8. The highest BCUT2D eigenvalue weighted by atomic mass is 28.4. The molecule has 0 bridgehead atoms. The van der Waals surface area contributed by atoms with Crippen molar-refractivity contribution in [2.75, 3.05) is 7.11 Å². The van der Waals surface area contributed by atoms with Gasteiger partial charge in [-0.3, -0.25) is 4.79 Å². The van der Waals surface area contributed by atoms with E-state index in [-0.39, 0.29) is 5.97 Å². The topological polar surface area (TPSA) is 35.5 Å². The van der Waals surface area contributed by atoms with Gasteiger partial charge in [0, 0.05) is 12.5 Å². The smallest absolute Gasteiger partial charge is 0.305 e. The molecule has 0 spiro atoms. The van der Waals surface area contributed by atoms with Crippen LogP contribution in [0.2, 0.25) is 19.6 Å². The second-order valence-corrected chi connectivity index (χ2v) is 17.7. The molecule has 4 aliphatic carbocycles. The van der Waals surface area contributed by atoms with Crippen LogP contribution >= 0.6 is 0 Å². The summed E-state index contributed by atoms with van der Waals surface area (Å²) < 4.78 is 11.5. The Morgan fingerprint density at radius 2 is 1.78 bits per heavy atom. The molecule has 0 N–H and O–H groups in total. The van der Waals surface area contributed by atoms with E-state index in [1.165, 1.54) is 58.5 Å². The van der Waals surface area contributed by atoms with Crippen LogP contribution in [-0.2, 0) is 14.0 Å². The molecular formula is C28H48O3Si. The largest absolute Gasteiger partial charge is 0.469 e. The average molecular weight is 461 g/mol. The van der Waals surface area contributed by atoms with Crippen molar-refractivity contribution in [1.29, 1.82) is 0 Å². The van der Waals surface area contributed by atoms with Crippen molar-refractivity contribution in [3.63, 3.8) is 0 Å². The van der Waals surface area contributed by atoms with Crippen LogP contribution in [-0.4, -0.2) is 27.5 Å². The first kappa shape index (κ1) is 24.5. The van der Waals surface area contributed by atoms with Gasteiger partial charge in [0.25, 0.3) is 0 Å². The van der Waals surface area contributed by atoms with Crippen LogP contribution in [0.5, 0.6) is 0 Å². The van der Waals surface area contributed by atoms with Crippen molar-refractivity contribution in [3.8, 4) is 0 Å². The standard InChI is InChI=1S/C28H48O3Si/c1-19(8-13-26(29)30-4)23-11-12-24-22-10-9-20-18-21(31-32(5,6)7)14-16-27(20,2)25(22)15-17-28(23,24)3/h10,19-21,23-25H,8-9,11-18H2,1-7H3/t19-,20?,21-,23?,24?,25?,27+,28-/m1/s1. The van der Waals surface area contributed by atoms with Crippen LogP contribution in [0.4, 0.5) is 0 Å². The van der Waals surface area contributed by atoms with Crippen molar-refractivity contribution < 1.29 is 14.0 Å². The number of allylic oxidation sites excluding steroid dienone is 2. The number of ether oxygens (including phenoxy) is 1. The number of carbonyl (C=O) groups is 1. The fraction of sp³-hybridized carbons (Fsp3) is 0.893. The summed E-state index contributed by atoms with van der Waals surface area (Å²) in [5, 5.41) is 0. The predicted octanol–water partition coefficient (Wildman–Crippen LogP) is 7.37. The molecular weight excluding hydrogens is 412 g/mol. The molecule has 0 radical (unpaired) electrons. The van der Waals surface area contributed by atoms with Gasteiger partial charge in [-0.1, -0.05) is 32.4 Å². The molecule has 3 nitrogen and oxygen atoms in total. The quantitative estimate of drug-likeness (QED) is 0.236. The summed E-state index contributed by atoms with van der Waals surface area (Å²) in [6.07, 6.45) is 15.3. The van der Waals surface area contributed by atoms with E-state index >= 15 is 0 Å². The van der Waals surface area contributed by atoms with Gasteiger partial charge in [0.1, 0.15) is 0 Å². The summed E-state index contributed by atoms with van der Waals surface area (Å²) in [7, 11) is 0.0420. The summed E-state index contributed by atoms with van der Waals surface area (Å²) >= 11 is 0. The van der Waals surface area contributed by atoms with Crippen LogP contribution in [0.15, 0.2) is 11.6 Å². The summed E-state index contributed by atoms with van der Waals surface area (Å²) in [6, 6.07) is 0. The predicted molar refractivity (Wildman–Crippen MR) is 134 cm³/mol. The van der Waals surface area contributed by atoms with E-state index in [9.17, 15) is 4.79 Å². The Kier molecular flexibility index (Phi) is 6.80. The first-order chi connectivity index (χ1) is 15.0. The number of carbonyl (C=O) groups excluding carboxylic acids is 1. The lowest BCUT2D eigenvalue weighted by molar-refractivity contribution is -0.141. The highest BCUT2D eigenvalue weighted by Crippen LogP contribution is 2.67. The van der Waals surface area contributed by atoms with E-state index in [0.29, 0.717) is 29.3 Å². The highest BCUT2D eigenvalue weighted by molar-refractivity contribution is 6.69. The van der Waals surface area contributed by atoms with Gasteiger partial charge in [-0.15, -0.1) is 0 Å². The van der Waals surface area contributed by atoms with Gasteiger partial charge in [-0.05, 0) is 118 Å². The fourth-order valence-electron chi connectivity index (χ4n) is 8.70. The van der Waals surface area contributed by atoms with Crippen LogP contribution < -0.4 is 0 Å². The summed E-state index contributed by atoms with van der Waals surface area (Å²) in [6.45, 7) is 14.6. The minimum Gasteiger partial charge on any atom is -0.469 e. The molecule has 0 heterocycles. The summed E-state index contributed by atoms with van der Waals surface area (Å²) in [5.74, 6) is 3.64. The third kappa shape index (κ3) is 4.40. The maximum Gasteiger partial charge on any atom is 0.305 e. The van der Waals surface area contributed by atoms with Crippen molar-refractivity contribution >= 4 is 14.3 Å². The summed E-state index contributed by atoms with van der Waals surface area (Å²) in [4.78, 5) is 11.7. The van der Waals surface area contributed by atoms with Gasteiger partial charge in [0.2, 0.25) is 0 Å². The minimum absolute atomic E-state index is 0.0528. The Bertz CT molecular complexity index is 739. The molecule has 3 fully saturated rings. The summed E-state index contributed by atoms with van der Waals surface area (Å²) in [5.41, 5.74) is 2.73. The van der Waals surface area contributed by atoms with Crippen LogP contribution in [0.25, 0.3) is 0 Å². The molecule has 0 saturated heterocycles. The first-order valence-electron chi connectivity index (χ1n) is 13.4. The van der Waals surface area contributed by atoms with E-state index in [4.69, 9.17) is 9.16 Å². The number of methoxy groups -OCH3 is 1. The normalized spacial score (nSPS) is 42.3. The van der Waals surface area contributed by atoms with Crippen molar-refractivity contribution in [2.45, 2.75) is 111 Å². The zero-order chi connectivity index (χ0) is 23.3. The molecule has 182 valence electrons. The molecule has 0 aliphatic heterocycles. The van der Waals surface area contributed by atoms with Gasteiger partial charge >= 0.3 is 5.97 Å².